The molecule has 1 fully saturated rings. The molecule has 4 nitrogen and oxygen atoms in total. The summed E-state index contributed by atoms with van der Waals surface area (Å²) in [5.74, 6) is 0.600. The van der Waals surface area contributed by atoms with Crippen molar-refractivity contribution in [2.75, 3.05) is 11.9 Å². The van der Waals surface area contributed by atoms with Crippen molar-refractivity contribution in [1.82, 2.24) is 4.90 Å². The van der Waals surface area contributed by atoms with Crippen LogP contribution in [0.5, 0.6) is 0 Å². The summed E-state index contributed by atoms with van der Waals surface area (Å²) in [6.45, 7) is 0. The van der Waals surface area contributed by atoms with E-state index in [0.717, 1.165) is 11.4 Å². The maximum Gasteiger partial charge on any atom is 0.338 e. The van der Waals surface area contributed by atoms with E-state index in [1.165, 1.54) is 4.90 Å². The molecule has 0 aliphatic carbocycles. The van der Waals surface area contributed by atoms with Crippen LogP contribution in [0, 0.1) is 0 Å². The lowest BCUT2D eigenvalue weighted by molar-refractivity contribution is 0.225. The SMILES string of the molecule is CN1C(=O)N(c2ccccc2)C1=Nc1ccc(Cl)cc1. The van der Waals surface area contributed by atoms with Gasteiger partial charge in [0.15, 0.2) is 0 Å². The molecule has 100 valence electrons. The molecule has 0 atom stereocenters. The Balaban J connectivity index is 1.95. The average Bonchev–Trinajstić information content (AvgIpc) is 2.49. The highest BCUT2D eigenvalue weighted by Crippen LogP contribution is 2.26. The number of anilines is 1. The number of rotatable bonds is 2. The summed E-state index contributed by atoms with van der Waals surface area (Å²) < 4.78 is 0. The molecular formula is C15H12ClN3O. The third-order valence-electron chi connectivity index (χ3n) is 3.05. The number of hydrogen-bond donors (Lipinski definition) is 0. The number of benzene rings is 2. The number of carbonyl (C=O) groups excluding carboxylic acids is 1. The second-order valence-electron chi connectivity index (χ2n) is 4.40. The third kappa shape index (κ3) is 2.14. The minimum Gasteiger partial charge on any atom is -0.266 e. The Kier molecular flexibility index (Phi) is 3.16. The molecule has 0 bridgehead atoms. The van der Waals surface area contributed by atoms with E-state index in [2.05, 4.69) is 4.99 Å². The van der Waals surface area contributed by atoms with E-state index in [-0.39, 0.29) is 6.03 Å². The molecule has 0 radical (unpaired) electrons. The van der Waals surface area contributed by atoms with Gasteiger partial charge in [0.1, 0.15) is 0 Å². The standard InChI is InChI=1S/C15H12ClN3O/c1-18-14(17-12-9-7-11(16)8-10-12)19(15(18)20)13-5-3-2-4-6-13/h2-10H,1H3. The minimum absolute atomic E-state index is 0.0936. The Morgan fingerprint density at radius 2 is 1.65 bits per heavy atom. The summed E-state index contributed by atoms with van der Waals surface area (Å²) in [4.78, 5) is 19.5. The summed E-state index contributed by atoms with van der Waals surface area (Å²) in [5.41, 5.74) is 1.56. The van der Waals surface area contributed by atoms with Gasteiger partial charge < -0.3 is 0 Å². The predicted molar refractivity (Wildman–Crippen MR) is 80.6 cm³/mol. The van der Waals surface area contributed by atoms with Crippen molar-refractivity contribution in [1.29, 1.82) is 0 Å². The fraction of sp³-hybridized carbons (Fsp3) is 0.0667. The van der Waals surface area contributed by atoms with E-state index in [1.54, 1.807) is 24.1 Å². The van der Waals surface area contributed by atoms with Crippen LogP contribution >= 0.6 is 11.6 Å². The molecule has 1 aliphatic rings. The quantitative estimate of drug-likeness (QED) is 0.824. The normalized spacial score (nSPS) is 16.5. The van der Waals surface area contributed by atoms with Crippen LogP contribution < -0.4 is 4.90 Å². The zero-order valence-corrected chi connectivity index (χ0v) is 11.6. The van der Waals surface area contributed by atoms with Crippen LogP contribution in [0.15, 0.2) is 59.6 Å². The number of halogens is 1. The Morgan fingerprint density at radius 3 is 2.30 bits per heavy atom. The molecule has 1 saturated heterocycles. The Hall–Kier alpha value is -2.33. The van der Waals surface area contributed by atoms with Gasteiger partial charge in [0.05, 0.1) is 11.4 Å². The van der Waals surface area contributed by atoms with Gasteiger partial charge in [0, 0.05) is 12.1 Å². The number of hydrogen-bond acceptors (Lipinski definition) is 2. The minimum atomic E-state index is -0.0936. The molecular weight excluding hydrogens is 274 g/mol. The lowest BCUT2D eigenvalue weighted by Crippen LogP contribution is -2.63. The molecule has 0 aromatic heterocycles. The van der Waals surface area contributed by atoms with Crippen molar-refractivity contribution in [3.63, 3.8) is 0 Å². The summed E-state index contributed by atoms with van der Waals surface area (Å²) in [7, 11) is 1.70. The van der Waals surface area contributed by atoms with Crippen molar-refractivity contribution in [2.45, 2.75) is 0 Å². The number of carbonyl (C=O) groups is 1. The summed E-state index contributed by atoms with van der Waals surface area (Å²) in [6.07, 6.45) is 0. The maximum absolute atomic E-state index is 12.0. The average molecular weight is 286 g/mol. The van der Waals surface area contributed by atoms with Gasteiger partial charge >= 0.3 is 6.03 Å². The first kappa shape index (κ1) is 12.7. The van der Waals surface area contributed by atoms with Crippen LogP contribution in [-0.4, -0.2) is 23.9 Å². The van der Waals surface area contributed by atoms with E-state index < -0.39 is 0 Å². The number of aliphatic imine (C=N–C) groups is 1. The van der Waals surface area contributed by atoms with Crippen LogP contribution in [0.4, 0.5) is 16.2 Å². The Labute approximate surface area is 121 Å². The number of para-hydroxylation sites is 1. The van der Waals surface area contributed by atoms with Crippen molar-refractivity contribution < 1.29 is 4.79 Å². The summed E-state index contributed by atoms with van der Waals surface area (Å²) in [5, 5.41) is 0.659. The maximum atomic E-state index is 12.0. The zero-order chi connectivity index (χ0) is 14.1. The Bertz CT molecular complexity index is 667. The molecule has 2 amide bonds. The molecule has 0 saturated carbocycles. The van der Waals surface area contributed by atoms with Gasteiger partial charge in [-0.3, -0.25) is 4.90 Å². The van der Waals surface area contributed by atoms with Gasteiger partial charge in [0.25, 0.3) is 0 Å². The summed E-state index contributed by atoms with van der Waals surface area (Å²) >= 11 is 5.85. The first-order chi connectivity index (χ1) is 9.66. The second kappa shape index (κ2) is 4.98. The number of nitrogens with zero attached hydrogens (tertiary/aromatic N) is 3. The molecule has 0 spiro atoms. The molecule has 0 N–H and O–H groups in total. The highest BCUT2D eigenvalue weighted by atomic mass is 35.5. The van der Waals surface area contributed by atoms with Gasteiger partial charge in [-0.05, 0) is 36.4 Å². The van der Waals surface area contributed by atoms with Crippen LogP contribution in [0.3, 0.4) is 0 Å². The van der Waals surface area contributed by atoms with E-state index >= 15 is 0 Å². The van der Waals surface area contributed by atoms with Crippen LogP contribution in [0.25, 0.3) is 0 Å². The first-order valence-electron chi connectivity index (χ1n) is 6.14. The first-order valence-corrected chi connectivity index (χ1v) is 6.52. The highest BCUT2D eigenvalue weighted by molar-refractivity contribution is 6.31. The second-order valence-corrected chi connectivity index (χ2v) is 4.84. The van der Waals surface area contributed by atoms with Crippen molar-refractivity contribution in [3.8, 4) is 0 Å². The van der Waals surface area contributed by atoms with E-state index in [1.807, 2.05) is 42.5 Å². The summed E-state index contributed by atoms with van der Waals surface area (Å²) in [6, 6.07) is 16.5. The molecule has 0 unspecified atom stereocenters. The molecule has 20 heavy (non-hydrogen) atoms. The monoisotopic (exact) mass is 285 g/mol. The Morgan fingerprint density at radius 1 is 1.00 bits per heavy atom. The molecule has 2 aromatic rings. The number of amides is 2. The fourth-order valence-corrected chi connectivity index (χ4v) is 2.11. The predicted octanol–water partition coefficient (Wildman–Crippen LogP) is 3.90. The topological polar surface area (TPSA) is 35.9 Å². The molecule has 2 aromatic carbocycles. The van der Waals surface area contributed by atoms with E-state index in [9.17, 15) is 4.79 Å². The van der Waals surface area contributed by atoms with Crippen molar-refractivity contribution in [2.24, 2.45) is 4.99 Å². The van der Waals surface area contributed by atoms with Crippen LogP contribution in [0.2, 0.25) is 5.02 Å². The van der Waals surface area contributed by atoms with Crippen molar-refractivity contribution in [3.05, 3.63) is 59.6 Å². The lowest BCUT2D eigenvalue weighted by Gasteiger charge is -2.40. The zero-order valence-electron chi connectivity index (χ0n) is 10.8. The van der Waals surface area contributed by atoms with Gasteiger partial charge in [-0.15, -0.1) is 0 Å². The number of urea groups is 1. The van der Waals surface area contributed by atoms with Crippen LogP contribution in [0.1, 0.15) is 0 Å². The molecule has 1 aliphatic heterocycles. The molecule has 5 heteroatoms. The van der Waals surface area contributed by atoms with Gasteiger partial charge in [-0.1, -0.05) is 29.8 Å². The molecule has 1 heterocycles. The van der Waals surface area contributed by atoms with E-state index in [4.69, 9.17) is 11.6 Å². The van der Waals surface area contributed by atoms with Gasteiger partial charge in [-0.25, -0.2) is 14.7 Å². The van der Waals surface area contributed by atoms with Gasteiger partial charge in [-0.2, -0.15) is 0 Å². The van der Waals surface area contributed by atoms with Gasteiger partial charge in [0.2, 0.25) is 5.96 Å². The molecule has 3 rings (SSSR count). The fourth-order valence-electron chi connectivity index (χ4n) is 1.99. The number of guanidine groups is 1. The highest BCUT2D eigenvalue weighted by Gasteiger charge is 2.39. The third-order valence-corrected chi connectivity index (χ3v) is 3.30. The largest absolute Gasteiger partial charge is 0.338 e. The van der Waals surface area contributed by atoms with Crippen LogP contribution in [-0.2, 0) is 0 Å². The van der Waals surface area contributed by atoms with Crippen molar-refractivity contribution >= 4 is 35.0 Å². The lowest BCUT2D eigenvalue weighted by atomic mass is 10.2. The smallest absolute Gasteiger partial charge is 0.266 e. The van der Waals surface area contributed by atoms with E-state index in [0.29, 0.717) is 11.0 Å².